The van der Waals surface area contributed by atoms with Crippen molar-refractivity contribution in [2.24, 2.45) is 0 Å². The number of rotatable bonds is 2. The van der Waals surface area contributed by atoms with E-state index in [2.05, 4.69) is 10.6 Å². The highest BCUT2D eigenvalue weighted by atomic mass is 16.3. The van der Waals surface area contributed by atoms with Gasteiger partial charge in [-0.3, -0.25) is 0 Å². The summed E-state index contributed by atoms with van der Waals surface area (Å²) in [5.74, 6) is -1.54. The number of hydrogen-bond acceptors (Lipinski definition) is 5. The van der Waals surface area contributed by atoms with Gasteiger partial charge >= 0.3 is 0 Å². The third kappa shape index (κ3) is 2.29. The first-order valence-corrected chi connectivity index (χ1v) is 8.43. The monoisotopic (exact) mass is 340 g/mol. The van der Waals surface area contributed by atoms with Crippen LogP contribution in [0.25, 0.3) is 22.3 Å². The number of aliphatic hydroxyl groups is 1. The van der Waals surface area contributed by atoms with Crippen molar-refractivity contribution in [2.45, 2.75) is 5.85 Å². The lowest BCUT2D eigenvalue weighted by atomic mass is 10.1. The van der Waals surface area contributed by atoms with Crippen LogP contribution in [0.4, 0.5) is 11.4 Å². The van der Waals surface area contributed by atoms with Crippen molar-refractivity contribution in [3.05, 3.63) is 84.6 Å². The molecular weight excluding hydrogens is 324 g/mol. The van der Waals surface area contributed by atoms with Crippen molar-refractivity contribution in [3.63, 3.8) is 0 Å². The Bertz CT molecular complexity index is 1090. The number of nitrogens with one attached hydrogen (secondary N) is 2. The normalized spacial score (nSPS) is 14.5. The third-order valence-corrected chi connectivity index (χ3v) is 4.52. The number of nitrogens with zero attached hydrogens (tertiary/aromatic N) is 2. The molecule has 1 aromatic heterocycles. The lowest BCUT2D eigenvalue weighted by molar-refractivity contribution is 0.100. The van der Waals surface area contributed by atoms with E-state index in [1.54, 1.807) is 0 Å². The predicted molar refractivity (Wildman–Crippen MR) is 103 cm³/mol. The fraction of sp³-hybridized carbons (Fsp3) is 0.0476. The molecule has 0 amide bonds. The van der Waals surface area contributed by atoms with Crippen molar-refractivity contribution in [1.29, 1.82) is 0 Å². The zero-order valence-electron chi connectivity index (χ0n) is 13.8. The Morgan fingerprint density at radius 3 is 1.85 bits per heavy atom. The Morgan fingerprint density at radius 1 is 0.654 bits per heavy atom. The second kappa shape index (κ2) is 5.54. The average Bonchev–Trinajstić information content (AvgIpc) is 3.05. The minimum absolute atomic E-state index is 0.443. The standard InChI is InChI=1S/C21H16N4O/c26-21(24-17-12-6-7-13-18(17)25-21)20-19(14-8-2-1-3-9-14)22-15-10-4-5-11-16(15)23-20/h1-13,24-26H. The minimum atomic E-state index is -1.54. The van der Waals surface area contributed by atoms with Gasteiger partial charge in [-0.05, 0) is 24.3 Å². The average molecular weight is 340 g/mol. The molecule has 0 atom stereocenters. The van der Waals surface area contributed by atoms with Gasteiger partial charge in [0.15, 0.2) is 0 Å². The molecular formula is C21H16N4O. The summed E-state index contributed by atoms with van der Waals surface area (Å²) >= 11 is 0. The molecule has 5 heteroatoms. The van der Waals surface area contributed by atoms with Crippen molar-refractivity contribution < 1.29 is 5.11 Å². The quantitative estimate of drug-likeness (QED) is 0.516. The van der Waals surface area contributed by atoms with Gasteiger partial charge in [0.25, 0.3) is 5.85 Å². The number of aromatic nitrogens is 2. The Morgan fingerprint density at radius 2 is 1.19 bits per heavy atom. The van der Waals surface area contributed by atoms with E-state index >= 15 is 0 Å². The molecule has 0 spiro atoms. The van der Waals surface area contributed by atoms with Gasteiger partial charge in [0.1, 0.15) is 5.69 Å². The lowest BCUT2D eigenvalue weighted by Crippen LogP contribution is -2.40. The maximum absolute atomic E-state index is 11.4. The maximum atomic E-state index is 11.4. The van der Waals surface area contributed by atoms with Gasteiger partial charge in [-0.2, -0.15) is 0 Å². The van der Waals surface area contributed by atoms with Gasteiger partial charge in [0, 0.05) is 5.56 Å². The van der Waals surface area contributed by atoms with E-state index in [0.717, 1.165) is 28.0 Å². The first kappa shape index (κ1) is 14.9. The van der Waals surface area contributed by atoms with E-state index in [-0.39, 0.29) is 0 Å². The van der Waals surface area contributed by atoms with E-state index in [4.69, 9.17) is 9.97 Å². The predicted octanol–water partition coefficient (Wildman–Crippen LogP) is 3.94. The molecule has 1 aliphatic heterocycles. The van der Waals surface area contributed by atoms with Crippen LogP contribution in [-0.4, -0.2) is 15.1 Å². The second-order valence-corrected chi connectivity index (χ2v) is 6.28. The number of hydrogen-bond donors (Lipinski definition) is 3. The summed E-state index contributed by atoms with van der Waals surface area (Å²) in [6.07, 6.45) is 0. The second-order valence-electron chi connectivity index (χ2n) is 6.28. The number of anilines is 2. The van der Waals surface area contributed by atoms with Crippen LogP contribution in [0.15, 0.2) is 78.9 Å². The van der Waals surface area contributed by atoms with Gasteiger partial charge in [0.05, 0.1) is 28.1 Å². The van der Waals surface area contributed by atoms with Crippen LogP contribution in [0.1, 0.15) is 5.69 Å². The lowest BCUT2D eigenvalue weighted by Gasteiger charge is -2.25. The van der Waals surface area contributed by atoms with E-state index in [0.29, 0.717) is 11.4 Å². The molecule has 0 fully saturated rings. The van der Waals surface area contributed by atoms with Gasteiger partial charge in [-0.1, -0.05) is 54.6 Å². The Balaban J connectivity index is 1.74. The SMILES string of the molecule is OC1(c2nc3ccccc3nc2-c2ccccc2)Nc2ccccc2N1. The van der Waals surface area contributed by atoms with Crippen LogP contribution >= 0.6 is 0 Å². The topological polar surface area (TPSA) is 70.1 Å². The molecule has 0 saturated carbocycles. The molecule has 3 N–H and O–H groups in total. The third-order valence-electron chi connectivity index (χ3n) is 4.52. The number of fused-ring (bicyclic) bond motifs is 2. The Hall–Kier alpha value is -3.44. The maximum Gasteiger partial charge on any atom is 0.262 e. The first-order chi connectivity index (χ1) is 12.7. The molecule has 26 heavy (non-hydrogen) atoms. The highest BCUT2D eigenvalue weighted by Gasteiger charge is 2.40. The summed E-state index contributed by atoms with van der Waals surface area (Å²) in [5.41, 5.74) is 5.14. The summed E-state index contributed by atoms with van der Waals surface area (Å²) in [7, 11) is 0. The van der Waals surface area contributed by atoms with Crippen LogP contribution in [0.2, 0.25) is 0 Å². The number of para-hydroxylation sites is 4. The van der Waals surface area contributed by atoms with Crippen LogP contribution < -0.4 is 10.6 Å². The fourth-order valence-electron chi connectivity index (χ4n) is 3.29. The minimum Gasteiger partial charge on any atom is -0.349 e. The van der Waals surface area contributed by atoms with Crippen LogP contribution in [0.3, 0.4) is 0 Å². The molecule has 0 unspecified atom stereocenters. The van der Waals surface area contributed by atoms with Gasteiger partial charge in [-0.15, -0.1) is 0 Å². The summed E-state index contributed by atoms with van der Waals surface area (Å²) in [4.78, 5) is 9.55. The molecule has 5 nitrogen and oxygen atoms in total. The smallest absolute Gasteiger partial charge is 0.262 e. The zero-order valence-corrected chi connectivity index (χ0v) is 13.8. The van der Waals surface area contributed by atoms with E-state index in [1.165, 1.54) is 0 Å². The highest BCUT2D eigenvalue weighted by molar-refractivity contribution is 5.82. The zero-order chi connectivity index (χ0) is 17.6. The van der Waals surface area contributed by atoms with Gasteiger partial charge in [0.2, 0.25) is 0 Å². The van der Waals surface area contributed by atoms with Crippen LogP contribution in [-0.2, 0) is 5.85 Å². The molecule has 3 aromatic carbocycles. The molecule has 126 valence electrons. The van der Waals surface area contributed by atoms with Crippen LogP contribution in [0, 0.1) is 0 Å². The molecule has 0 bridgehead atoms. The molecule has 5 rings (SSSR count). The molecule has 4 aromatic rings. The molecule has 0 aliphatic carbocycles. The fourth-order valence-corrected chi connectivity index (χ4v) is 3.29. The van der Waals surface area contributed by atoms with Crippen molar-refractivity contribution in [3.8, 4) is 11.3 Å². The van der Waals surface area contributed by atoms with Gasteiger partial charge < -0.3 is 15.7 Å². The molecule has 0 radical (unpaired) electrons. The van der Waals surface area contributed by atoms with Crippen LogP contribution in [0.5, 0.6) is 0 Å². The number of benzene rings is 3. The first-order valence-electron chi connectivity index (χ1n) is 8.43. The van der Waals surface area contributed by atoms with Crippen molar-refractivity contribution in [1.82, 2.24) is 9.97 Å². The van der Waals surface area contributed by atoms with Gasteiger partial charge in [-0.25, -0.2) is 9.97 Å². The summed E-state index contributed by atoms with van der Waals surface area (Å²) in [5, 5.41) is 17.6. The Labute approximate surface area is 150 Å². The molecule has 2 heterocycles. The highest BCUT2D eigenvalue weighted by Crippen LogP contribution is 2.40. The van der Waals surface area contributed by atoms with Crippen molar-refractivity contribution >= 4 is 22.4 Å². The van der Waals surface area contributed by atoms with E-state index in [9.17, 15) is 5.11 Å². The Kier molecular flexibility index (Phi) is 3.17. The van der Waals surface area contributed by atoms with E-state index < -0.39 is 5.85 Å². The largest absolute Gasteiger partial charge is 0.349 e. The summed E-state index contributed by atoms with van der Waals surface area (Å²) < 4.78 is 0. The molecule has 1 aliphatic rings. The van der Waals surface area contributed by atoms with E-state index in [1.807, 2.05) is 78.9 Å². The summed E-state index contributed by atoms with van der Waals surface area (Å²) in [6, 6.07) is 25.1. The summed E-state index contributed by atoms with van der Waals surface area (Å²) in [6.45, 7) is 0. The van der Waals surface area contributed by atoms with Crippen molar-refractivity contribution in [2.75, 3.05) is 10.6 Å². The molecule has 0 saturated heterocycles.